The molecule has 0 aromatic heterocycles. The Bertz CT molecular complexity index is 531. The molecule has 1 aliphatic rings. The van der Waals surface area contributed by atoms with Gasteiger partial charge in [0.1, 0.15) is 0 Å². The van der Waals surface area contributed by atoms with Gasteiger partial charge in [-0.15, -0.1) is 0 Å². The Morgan fingerprint density at radius 2 is 1.81 bits per heavy atom. The Morgan fingerprint density at radius 1 is 1.19 bits per heavy atom. The first-order chi connectivity index (χ1) is 9.81. The number of Topliss-reactive ketones (excluding diaryl/α,β-unsaturated/α-hetero) is 1. The number of rotatable bonds is 3. The second-order valence-corrected chi connectivity index (χ2v) is 6.96. The molecule has 0 aliphatic heterocycles. The van der Waals surface area contributed by atoms with Crippen molar-refractivity contribution >= 4 is 17.4 Å². The van der Waals surface area contributed by atoms with Gasteiger partial charge in [-0.05, 0) is 55.4 Å². The minimum Gasteiger partial charge on any atom is -0.326 e. The van der Waals surface area contributed by atoms with E-state index in [1.54, 1.807) is 31.2 Å². The van der Waals surface area contributed by atoms with E-state index in [0.29, 0.717) is 11.5 Å². The average molecular weight is 287 g/mol. The van der Waals surface area contributed by atoms with Crippen molar-refractivity contribution in [3.05, 3.63) is 29.8 Å². The van der Waals surface area contributed by atoms with E-state index in [9.17, 15) is 9.59 Å². The lowest BCUT2D eigenvalue weighted by Crippen LogP contribution is -2.42. The molecule has 0 radical (unpaired) electrons. The summed E-state index contributed by atoms with van der Waals surface area (Å²) >= 11 is 0. The van der Waals surface area contributed by atoms with Crippen LogP contribution in [0.2, 0.25) is 0 Å². The molecule has 2 atom stereocenters. The number of nitrogens with one attached hydrogen (secondary N) is 1. The molecule has 0 unspecified atom stereocenters. The lowest BCUT2D eigenvalue weighted by molar-refractivity contribution is -0.127. The van der Waals surface area contributed by atoms with Crippen molar-refractivity contribution in [1.29, 1.82) is 0 Å². The first kappa shape index (κ1) is 15.7. The largest absolute Gasteiger partial charge is 0.326 e. The second kappa shape index (κ2) is 6.00. The minimum absolute atomic E-state index is 0.0370. The SMILES string of the molecule is CC(=O)c1ccc(NC(=O)[C@@H]2[C@@H](C)CCCC2(C)C)cc1. The van der Waals surface area contributed by atoms with Crippen molar-refractivity contribution in [2.45, 2.75) is 47.0 Å². The third-order valence-electron chi connectivity index (χ3n) is 4.73. The van der Waals surface area contributed by atoms with Gasteiger partial charge in [0.25, 0.3) is 0 Å². The summed E-state index contributed by atoms with van der Waals surface area (Å²) in [7, 11) is 0. The van der Waals surface area contributed by atoms with Gasteiger partial charge < -0.3 is 5.32 Å². The zero-order valence-electron chi connectivity index (χ0n) is 13.4. The van der Waals surface area contributed by atoms with Crippen molar-refractivity contribution in [3.8, 4) is 0 Å². The molecule has 0 saturated heterocycles. The summed E-state index contributed by atoms with van der Waals surface area (Å²) in [5.41, 5.74) is 1.47. The zero-order chi connectivity index (χ0) is 15.6. The van der Waals surface area contributed by atoms with Gasteiger partial charge in [-0.1, -0.05) is 27.2 Å². The van der Waals surface area contributed by atoms with Crippen LogP contribution < -0.4 is 5.32 Å². The maximum absolute atomic E-state index is 12.6. The molecule has 0 heterocycles. The molecule has 1 fully saturated rings. The van der Waals surface area contributed by atoms with Crippen LogP contribution in [0.4, 0.5) is 5.69 Å². The van der Waals surface area contributed by atoms with Crippen molar-refractivity contribution in [3.63, 3.8) is 0 Å². The lowest BCUT2D eigenvalue weighted by atomic mass is 9.64. The van der Waals surface area contributed by atoms with Gasteiger partial charge in [0, 0.05) is 17.2 Å². The summed E-state index contributed by atoms with van der Waals surface area (Å²) in [5.74, 6) is 0.585. The normalized spacial score (nSPS) is 24.4. The highest BCUT2D eigenvalue weighted by Crippen LogP contribution is 2.44. The number of carbonyl (C=O) groups is 2. The molecule has 114 valence electrons. The standard InChI is InChI=1S/C18H25NO2/c1-12-6-5-11-18(3,4)16(12)17(21)19-15-9-7-14(8-10-15)13(2)20/h7-10,12,16H,5-6,11H2,1-4H3,(H,19,21)/t12-,16-/m0/s1. The van der Waals surface area contributed by atoms with Gasteiger partial charge in [0.05, 0.1) is 0 Å². The number of ketones is 1. The van der Waals surface area contributed by atoms with Crippen molar-refractivity contribution in [2.24, 2.45) is 17.3 Å². The lowest BCUT2D eigenvalue weighted by Gasteiger charge is -2.41. The molecule has 3 nitrogen and oxygen atoms in total. The number of hydrogen-bond acceptors (Lipinski definition) is 2. The Labute approximate surface area is 127 Å². The Hall–Kier alpha value is -1.64. The van der Waals surface area contributed by atoms with E-state index in [2.05, 4.69) is 26.1 Å². The maximum atomic E-state index is 12.6. The summed E-state index contributed by atoms with van der Waals surface area (Å²) in [6, 6.07) is 7.12. The fraction of sp³-hybridized carbons (Fsp3) is 0.556. The molecule has 0 spiro atoms. The van der Waals surface area contributed by atoms with Crippen molar-refractivity contribution in [1.82, 2.24) is 0 Å². The van der Waals surface area contributed by atoms with Crippen LogP contribution in [0.3, 0.4) is 0 Å². The van der Waals surface area contributed by atoms with Crippen LogP contribution in [0.25, 0.3) is 0 Å². The number of hydrogen-bond donors (Lipinski definition) is 1. The smallest absolute Gasteiger partial charge is 0.228 e. The van der Waals surface area contributed by atoms with E-state index in [-0.39, 0.29) is 23.0 Å². The van der Waals surface area contributed by atoms with E-state index in [1.807, 2.05) is 0 Å². The molecule has 3 heteroatoms. The predicted octanol–water partition coefficient (Wildman–Crippen LogP) is 4.29. The molecular formula is C18H25NO2. The minimum atomic E-state index is 0.0370. The molecule has 1 aromatic carbocycles. The molecule has 21 heavy (non-hydrogen) atoms. The first-order valence-electron chi connectivity index (χ1n) is 7.73. The first-order valence-corrected chi connectivity index (χ1v) is 7.73. The van der Waals surface area contributed by atoms with Gasteiger partial charge in [-0.25, -0.2) is 0 Å². The van der Waals surface area contributed by atoms with Gasteiger partial charge in [0.15, 0.2) is 5.78 Å². The Morgan fingerprint density at radius 3 is 2.33 bits per heavy atom. The summed E-state index contributed by atoms with van der Waals surface area (Å²) < 4.78 is 0. The van der Waals surface area contributed by atoms with Gasteiger partial charge in [-0.3, -0.25) is 9.59 Å². The summed E-state index contributed by atoms with van der Waals surface area (Å²) in [4.78, 5) is 23.9. The van der Waals surface area contributed by atoms with E-state index in [0.717, 1.165) is 18.5 Å². The molecular weight excluding hydrogens is 262 g/mol. The molecule has 2 rings (SSSR count). The third-order valence-corrected chi connectivity index (χ3v) is 4.73. The van der Waals surface area contributed by atoms with Crippen LogP contribution in [0, 0.1) is 17.3 Å². The van der Waals surface area contributed by atoms with E-state index in [1.165, 1.54) is 6.42 Å². The fourth-order valence-electron chi connectivity index (χ4n) is 3.59. The van der Waals surface area contributed by atoms with Gasteiger partial charge in [-0.2, -0.15) is 0 Å². The Kier molecular flexibility index (Phi) is 4.50. The van der Waals surface area contributed by atoms with Crippen molar-refractivity contribution < 1.29 is 9.59 Å². The fourth-order valence-corrected chi connectivity index (χ4v) is 3.59. The molecule has 1 aliphatic carbocycles. The van der Waals surface area contributed by atoms with Crippen LogP contribution in [0.15, 0.2) is 24.3 Å². The monoisotopic (exact) mass is 287 g/mol. The Balaban J connectivity index is 2.11. The highest BCUT2D eigenvalue weighted by atomic mass is 16.2. The molecule has 1 amide bonds. The van der Waals surface area contributed by atoms with E-state index < -0.39 is 0 Å². The molecule has 0 bridgehead atoms. The van der Waals surface area contributed by atoms with Crippen LogP contribution >= 0.6 is 0 Å². The number of amides is 1. The zero-order valence-corrected chi connectivity index (χ0v) is 13.4. The highest BCUT2D eigenvalue weighted by Gasteiger charge is 2.41. The summed E-state index contributed by atoms with van der Waals surface area (Å²) in [5, 5.41) is 3.01. The second-order valence-electron chi connectivity index (χ2n) is 6.96. The summed E-state index contributed by atoms with van der Waals surface area (Å²) in [6.07, 6.45) is 3.41. The highest BCUT2D eigenvalue weighted by molar-refractivity contribution is 5.96. The average Bonchev–Trinajstić information content (AvgIpc) is 2.37. The van der Waals surface area contributed by atoms with Crippen molar-refractivity contribution in [2.75, 3.05) is 5.32 Å². The quantitative estimate of drug-likeness (QED) is 0.843. The molecule has 1 saturated carbocycles. The summed E-state index contributed by atoms with van der Waals surface area (Å²) in [6.45, 7) is 8.08. The predicted molar refractivity (Wildman–Crippen MR) is 85.4 cm³/mol. The van der Waals surface area contributed by atoms with E-state index >= 15 is 0 Å². The van der Waals surface area contributed by atoms with Gasteiger partial charge in [0.2, 0.25) is 5.91 Å². The van der Waals surface area contributed by atoms with Crippen LogP contribution in [-0.2, 0) is 4.79 Å². The molecule has 1 N–H and O–H groups in total. The van der Waals surface area contributed by atoms with Crippen LogP contribution in [-0.4, -0.2) is 11.7 Å². The third kappa shape index (κ3) is 3.52. The van der Waals surface area contributed by atoms with Gasteiger partial charge >= 0.3 is 0 Å². The molecule has 1 aromatic rings. The topological polar surface area (TPSA) is 46.2 Å². The number of carbonyl (C=O) groups excluding carboxylic acids is 2. The van der Waals surface area contributed by atoms with Crippen LogP contribution in [0.5, 0.6) is 0 Å². The van der Waals surface area contributed by atoms with Crippen LogP contribution in [0.1, 0.15) is 57.3 Å². The van der Waals surface area contributed by atoms with E-state index in [4.69, 9.17) is 0 Å². The number of anilines is 1. The maximum Gasteiger partial charge on any atom is 0.228 e. The number of benzene rings is 1.